The lowest BCUT2D eigenvalue weighted by molar-refractivity contribution is -0.129. The van der Waals surface area contributed by atoms with E-state index in [0.717, 1.165) is 12.8 Å². The molecule has 2 aromatic rings. The first-order valence-corrected chi connectivity index (χ1v) is 9.18. The van der Waals surface area contributed by atoms with Crippen molar-refractivity contribution in [2.24, 2.45) is 4.99 Å². The van der Waals surface area contributed by atoms with E-state index in [-0.39, 0.29) is 11.6 Å². The predicted molar refractivity (Wildman–Crippen MR) is 105 cm³/mol. The summed E-state index contributed by atoms with van der Waals surface area (Å²) < 4.78 is 29.6. The molecule has 0 aromatic heterocycles. The Labute approximate surface area is 167 Å². The average Bonchev–Trinajstić information content (AvgIpc) is 3.03. The SMILES string of the molecule is CCCCOc1c(Cl)cc(/C=C2\N=C(c3cccc(F)c3)OC2=O)cc1OC. The number of benzene rings is 2. The minimum Gasteiger partial charge on any atom is -0.493 e. The first-order valence-electron chi connectivity index (χ1n) is 8.80. The molecular weight excluding hydrogens is 385 g/mol. The maximum Gasteiger partial charge on any atom is 0.363 e. The van der Waals surface area contributed by atoms with Gasteiger partial charge >= 0.3 is 5.97 Å². The molecule has 28 heavy (non-hydrogen) atoms. The molecule has 7 heteroatoms. The molecule has 0 aliphatic carbocycles. The highest BCUT2D eigenvalue weighted by atomic mass is 35.5. The fraction of sp³-hybridized carbons (Fsp3) is 0.238. The molecule has 1 aliphatic rings. The van der Waals surface area contributed by atoms with Gasteiger partial charge in [-0.2, -0.15) is 0 Å². The molecule has 0 N–H and O–H groups in total. The Bertz CT molecular complexity index is 955. The number of cyclic esters (lactones) is 1. The van der Waals surface area contributed by atoms with E-state index in [1.54, 1.807) is 18.2 Å². The normalized spacial score (nSPS) is 14.8. The number of aliphatic imine (C=N–C) groups is 1. The van der Waals surface area contributed by atoms with Crippen molar-refractivity contribution in [3.63, 3.8) is 0 Å². The molecule has 0 fully saturated rings. The molecule has 1 heterocycles. The van der Waals surface area contributed by atoms with Gasteiger partial charge in [-0.15, -0.1) is 0 Å². The number of rotatable bonds is 7. The number of halogens is 2. The van der Waals surface area contributed by atoms with Crippen molar-refractivity contribution in [3.8, 4) is 11.5 Å². The lowest BCUT2D eigenvalue weighted by atomic mass is 10.1. The molecule has 2 aromatic carbocycles. The van der Waals surface area contributed by atoms with Crippen LogP contribution in [-0.2, 0) is 9.53 Å². The van der Waals surface area contributed by atoms with E-state index in [1.165, 1.54) is 31.4 Å². The van der Waals surface area contributed by atoms with Crippen molar-refractivity contribution >= 4 is 29.5 Å². The highest BCUT2D eigenvalue weighted by Gasteiger charge is 2.24. The van der Waals surface area contributed by atoms with Crippen molar-refractivity contribution in [3.05, 3.63) is 64.1 Å². The Morgan fingerprint density at radius 1 is 1.29 bits per heavy atom. The maximum absolute atomic E-state index is 13.4. The number of nitrogens with zero attached hydrogens (tertiary/aromatic N) is 1. The smallest absolute Gasteiger partial charge is 0.363 e. The van der Waals surface area contributed by atoms with Crippen LogP contribution in [0.5, 0.6) is 11.5 Å². The summed E-state index contributed by atoms with van der Waals surface area (Å²) in [6, 6.07) is 9.03. The number of unbranched alkanes of at least 4 members (excludes halogenated alkanes) is 1. The van der Waals surface area contributed by atoms with Crippen LogP contribution in [0.15, 0.2) is 47.1 Å². The molecular formula is C21H19ClFNO4. The Hall–Kier alpha value is -2.86. The van der Waals surface area contributed by atoms with Crippen LogP contribution >= 0.6 is 11.6 Å². The summed E-state index contributed by atoms with van der Waals surface area (Å²) in [5.74, 6) is -0.108. The summed E-state index contributed by atoms with van der Waals surface area (Å²) in [5.41, 5.74) is 1.06. The Balaban J connectivity index is 1.90. The molecule has 3 rings (SSSR count). The monoisotopic (exact) mass is 403 g/mol. The average molecular weight is 404 g/mol. The lowest BCUT2D eigenvalue weighted by Gasteiger charge is -2.13. The van der Waals surface area contributed by atoms with Crippen LogP contribution in [0, 0.1) is 5.82 Å². The highest BCUT2D eigenvalue weighted by Crippen LogP contribution is 2.37. The minimum absolute atomic E-state index is 0.0494. The van der Waals surface area contributed by atoms with Gasteiger partial charge in [-0.3, -0.25) is 0 Å². The fourth-order valence-electron chi connectivity index (χ4n) is 2.59. The number of ether oxygens (including phenoxy) is 3. The van der Waals surface area contributed by atoms with Crippen molar-refractivity contribution in [2.75, 3.05) is 13.7 Å². The van der Waals surface area contributed by atoms with Gasteiger partial charge in [0.25, 0.3) is 0 Å². The number of esters is 1. The summed E-state index contributed by atoms with van der Waals surface area (Å²) in [6.45, 7) is 2.59. The van der Waals surface area contributed by atoms with Gasteiger partial charge in [0.2, 0.25) is 5.90 Å². The van der Waals surface area contributed by atoms with Crippen LogP contribution in [-0.4, -0.2) is 25.6 Å². The van der Waals surface area contributed by atoms with Crippen molar-refractivity contribution in [2.45, 2.75) is 19.8 Å². The van der Waals surface area contributed by atoms with E-state index < -0.39 is 11.8 Å². The number of carbonyl (C=O) groups excluding carboxylic acids is 1. The number of hydrogen-bond donors (Lipinski definition) is 0. The second kappa shape index (κ2) is 8.89. The third kappa shape index (κ3) is 4.51. The van der Waals surface area contributed by atoms with Crippen LogP contribution in [0.4, 0.5) is 4.39 Å². The second-order valence-electron chi connectivity index (χ2n) is 6.08. The number of methoxy groups -OCH3 is 1. The summed E-state index contributed by atoms with van der Waals surface area (Å²) >= 11 is 6.33. The van der Waals surface area contributed by atoms with Crippen LogP contribution in [0.1, 0.15) is 30.9 Å². The summed E-state index contributed by atoms with van der Waals surface area (Å²) in [5, 5.41) is 0.364. The van der Waals surface area contributed by atoms with Gasteiger partial charge in [0, 0.05) is 5.56 Å². The molecule has 0 spiro atoms. The standard InChI is InChI=1S/C21H19ClFNO4/c1-3-4-8-27-19-16(22)9-13(11-18(19)26-2)10-17-21(25)28-20(24-17)14-6-5-7-15(23)12-14/h5-7,9-12H,3-4,8H2,1-2H3/b17-10-. The molecule has 0 saturated carbocycles. The molecule has 5 nitrogen and oxygen atoms in total. The quantitative estimate of drug-likeness (QED) is 0.370. The molecule has 0 amide bonds. The third-order valence-electron chi connectivity index (χ3n) is 3.99. The van der Waals surface area contributed by atoms with Gasteiger partial charge in [0.05, 0.1) is 18.7 Å². The summed E-state index contributed by atoms with van der Waals surface area (Å²) in [4.78, 5) is 16.3. The zero-order chi connectivity index (χ0) is 20.1. The Kier molecular flexibility index (Phi) is 6.31. The van der Waals surface area contributed by atoms with Crippen molar-refractivity contribution in [1.82, 2.24) is 0 Å². The van der Waals surface area contributed by atoms with E-state index in [2.05, 4.69) is 11.9 Å². The topological polar surface area (TPSA) is 57.1 Å². The Morgan fingerprint density at radius 3 is 2.82 bits per heavy atom. The molecule has 0 atom stereocenters. The molecule has 0 radical (unpaired) electrons. The van der Waals surface area contributed by atoms with E-state index in [0.29, 0.717) is 34.3 Å². The molecule has 0 saturated heterocycles. The zero-order valence-corrected chi connectivity index (χ0v) is 16.3. The van der Waals surface area contributed by atoms with E-state index in [1.807, 2.05) is 0 Å². The van der Waals surface area contributed by atoms with Crippen LogP contribution in [0.3, 0.4) is 0 Å². The van der Waals surface area contributed by atoms with E-state index in [9.17, 15) is 9.18 Å². The summed E-state index contributed by atoms with van der Waals surface area (Å²) in [6.07, 6.45) is 3.42. The molecule has 0 bridgehead atoms. The highest BCUT2D eigenvalue weighted by molar-refractivity contribution is 6.32. The number of hydrogen-bond acceptors (Lipinski definition) is 5. The number of carbonyl (C=O) groups is 1. The van der Waals surface area contributed by atoms with Gasteiger partial charge in [-0.1, -0.05) is 31.0 Å². The van der Waals surface area contributed by atoms with Crippen LogP contribution in [0.2, 0.25) is 5.02 Å². The minimum atomic E-state index is -0.627. The summed E-state index contributed by atoms with van der Waals surface area (Å²) in [7, 11) is 1.51. The lowest BCUT2D eigenvalue weighted by Crippen LogP contribution is -2.05. The van der Waals surface area contributed by atoms with E-state index in [4.69, 9.17) is 25.8 Å². The molecule has 0 unspecified atom stereocenters. The van der Waals surface area contributed by atoms with Gasteiger partial charge in [-0.25, -0.2) is 14.2 Å². The van der Waals surface area contributed by atoms with Crippen LogP contribution in [0.25, 0.3) is 6.08 Å². The zero-order valence-electron chi connectivity index (χ0n) is 15.5. The molecule has 146 valence electrons. The van der Waals surface area contributed by atoms with E-state index >= 15 is 0 Å². The third-order valence-corrected chi connectivity index (χ3v) is 4.27. The Morgan fingerprint density at radius 2 is 2.11 bits per heavy atom. The van der Waals surface area contributed by atoms with Gasteiger partial charge in [-0.05, 0) is 48.4 Å². The van der Waals surface area contributed by atoms with Gasteiger partial charge in [0.1, 0.15) is 5.82 Å². The maximum atomic E-state index is 13.4. The first kappa shape index (κ1) is 19.9. The van der Waals surface area contributed by atoms with Crippen LogP contribution < -0.4 is 9.47 Å². The predicted octanol–water partition coefficient (Wildman–Crippen LogP) is 5.01. The second-order valence-corrected chi connectivity index (χ2v) is 6.49. The van der Waals surface area contributed by atoms with Crippen molar-refractivity contribution < 1.29 is 23.4 Å². The largest absolute Gasteiger partial charge is 0.493 e. The fourth-order valence-corrected chi connectivity index (χ4v) is 2.87. The molecule has 1 aliphatic heterocycles. The van der Waals surface area contributed by atoms with Crippen molar-refractivity contribution in [1.29, 1.82) is 0 Å². The van der Waals surface area contributed by atoms with Gasteiger partial charge in [0.15, 0.2) is 17.2 Å². The van der Waals surface area contributed by atoms with Gasteiger partial charge < -0.3 is 14.2 Å². The first-order chi connectivity index (χ1) is 13.5.